The molecule has 0 atom stereocenters. The highest BCUT2D eigenvalue weighted by atomic mass is 35.5. The first kappa shape index (κ1) is 15.3. The molecule has 0 aliphatic heterocycles. The Morgan fingerprint density at radius 3 is 2.39 bits per heavy atom. The van der Waals surface area contributed by atoms with Gasteiger partial charge in [0.1, 0.15) is 0 Å². The maximum atomic E-state index is 11.5. The molecule has 0 heterocycles. The van der Waals surface area contributed by atoms with Gasteiger partial charge >= 0.3 is 0 Å². The van der Waals surface area contributed by atoms with Crippen molar-refractivity contribution in [2.45, 2.75) is 32.1 Å². The molecule has 0 saturated carbocycles. The lowest BCUT2D eigenvalue weighted by molar-refractivity contribution is 0.390. The highest BCUT2D eigenvalue weighted by Gasteiger charge is 2.12. The fourth-order valence-electron chi connectivity index (χ4n) is 1.44. The van der Waals surface area contributed by atoms with Crippen molar-refractivity contribution >= 4 is 27.1 Å². The topological polar surface area (TPSA) is 46.2 Å². The van der Waals surface area contributed by atoms with Crippen molar-refractivity contribution in [3.8, 4) is 0 Å². The molecule has 0 unspecified atom stereocenters. The first-order valence-corrected chi connectivity index (χ1v) is 8.10. The summed E-state index contributed by atoms with van der Waals surface area (Å²) < 4.78 is 22.9. The summed E-state index contributed by atoms with van der Waals surface area (Å²) in [7, 11) is -3.19. The van der Waals surface area contributed by atoms with Crippen LogP contribution in [0.5, 0.6) is 0 Å². The molecule has 0 saturated heterocycles. The first-order valence-electron chi connectivity index (χ1n) is 5.83. The number of rotatable bonds is 4. The van der Waals surface area contributed by atoms with E-state index in [4.69, 9.17) is 11.6 Å². The van der Waals surface area contributed by atoms with Crippen molar-refractivity contribution < 1.29 is 8.42 Å². The summed E-state index contributed by atoms with van der Waals surface area (Å²) in [4.78, 5) is 0.283. The summed E-state index contributed by atoms with van der Waals surface area (Å²) in [5.41, 5.74) is 0.900. The average Bonchev–Trinajstić information content (AvgIpc) is 2.17. The number of hydrogen-bond donors (Lipinski definition) is 1. The Kier molecular flexibility index (Phi) is 4.67. The molecule has 1 aromatic rings. The Hall–Kier alpha value is -0.740. The molecule has 0 amide bonds. The molecule has 0 spiro atoms. The van der Waals surface area contributed by atoms with Crippen LogP contribution in [0.4, 0.5) is 5.69 Å². The van der Waals surface area contributed by atoms with Crippen LogP contribution < -0.4 is 5.32 Å². The van der Waals surface area contributed by atoms with Crippen LogP contribution in [-0.2, 0) is 9.84 Å². The van der Waals surface area contributed by atoms with Crippen molar-refractivity contribution in [1.82, 2.24) is 0 Å². The normalized spacial score (nSPS) is 12.5. The van der Waals surface area contributed by atoms with E-state index in [1.807, 2.05) is 0 Å². The Morgan fingerprint density at radius 1 is 1.28 bits per heavy atom. The van der Waals surface area contributed by atoms with Crippen LogP contribution in [0.3, 0.4) is 0 Å². The number of sulfone groups is 1. The van der Waals surface area contributed by atoms with Crippen LogP contribution in [0.1, 0.15) is 27.2 Å². The van der Waals surface area contributed by atoms with Gasteiger partial charge in [-0.3, -0.25) is 0 Å². The van der Waals surface area contributed by atoms with Gasteiger partial charge in [0.2, 0.25) is 0 Å². The zero-order valence-electron chi connectivity index (χ0n) is 11.2. The molecule has 1 N–H and O–H groups in total. The minimum Gasteiger partial charge on any atom is -0.384 e. The number of anilines is 1. The van der Waals surface area contributed by atoms with E-state index in [1.165, 1.54) is 12.3 Å². The van der Waals surface area contributed by atoms with Crippen molar-refractivity contribution in [2.75, 3.05) is 18.1 Å². The standard InChI is InChI=1S/C13H20ClNO2S/c1-13(2,3)7-8-15-12-9-10(18(4,16)17)5-6-11(12)14/h5-6,9,15H,7-8H2,1-4H3. The third kappa shape index (κ3) is 4.86. The lowest BCUT2D eigenvalue weighted by Gasteiger charge is -2.19. The monoisotopic (exact) mass is 289 g/mol. The van der Waals surface area contributed by atoms with E-state index >= 15 is 0 Å². The van der Waals surface area contributed by atoms with Gasteiger partial charge in [0, 0.05) is 12.8 Å². The minimum atomic E-state index is -3.19. The SMILES string of the molecule is CC(C)(C)CCNc1cc(S(C)(=O)=O)ccc1Cl. The molecule has 0 bridgehead atoms. The molecule has 0 fully saturated rings. The van der Waals surface area contributed by atoms with E-state index in [0.29, 0.717) is 10.7 Å². The largest absolute Gasteiger partial charge is 0.384 e. The number of halogens is 1. The van der Waals surface area contributed by atoms with Crippen LogP contribution in [0, 0.1) is 5.41 Å². The molecule has 1 aromatic carbocycles. The molecule has 1 rings (SSSR count). The van der Waals surface area contributed by atoms with Crippen molar-refractivity contribution in [3.63, 3.8) is 0 Å². The predicted octanol–water partition coefficient (Wildman–Crippen LogP) is 3.59. The molecule has 102 valence electrons. The molecule has 5 heteroatoms. The molecule has 0 aliphatic rings. The van der Waals surface area contributed by atoms with Crippen molar-refractivity contribution in [2.24, 2.45) is 5.41 Å². The summed E-state index contributed by atoms with van der Waals surface area (Å²) in [6, 6.07) is 4.71. The Labute approximate surface area is 114 Å². The molecule has 0 aromatic heterocycles. The third-order valence-corrected chi connectivity index (χ3v) is 4.00. The number of hydrogen-bond acceptors (Lipinski definition) is 3. The van der Waals surface area contributed by atoms with Gasteiger partial charge in [-0.25, -0.2) is 8.42 Å². The fourth-order valence-corrected chi connectivity index (χ4v) is 2.27. The summed E-state index contributed by atoms with van der Waals surface area (Å²) >= 11 is 6.04. The summed E-state index contributed by atoms with van der Waals surface area (Å²) in [5.74, 6) is 0. The summed E-state index contributed by atoms with van der Waals surface area (Å²) in [6.45, 7) is 7.23. The van der Waals surface area contributed by atoms with Gasteiger partial charge in [0.05, 0.1) is 15.6 Å². The second-order valence-electron chi connectivity index (χ2n) is 5.65. The summed E-state index contributed by atoms with van der Waals surface area (Å²) in [6.07, 6.45) is 2.17. The highest BCUT2D eigenvalue weighted by molar-refractivity contribution is 7.90. The zero-order chi connectivity index (χ0) is 14.0. The van der Waals surface area contributed by atoms with Gasteiger partial charge in [0.25, 0.3) is 0 Å². The van der Waals surface area contributed by atoms with Crippen LogP contribution in [0.2, 0.25) is 5.02 Å². The van der Waals surface area contributed by atoms with Crippen LogP contribution in [0.15, 0.2) is 23.1 Å². The van der Waals surface area contributed by atoms with Gasteiger partial charge in [-0.2, -0.15) is 0 Å². The maximum Gasteiger partial charge on any atom is 0.175 e. The van der Waals surface area contributed by atoms with Crippen molar-refractivity contribution in [1.29, 1.82) is 0 Å². The molecule has 0 aliphatic carbocycles. The minimum absolute atomic E-state index is 0.230. The van der Waals surface area contributed by atoms with Gasteiger partial charge in [-0.15, -0.1) is 0 Å². The number of benzene rings is 1. The molecular weight excluding hydrogens is 270 g/mol. The fraction of sp³-hybridized carbons (Fsp3) is 0.538. The van der Waals surface area contributed by atoms with Gasteiger partial charge in [0.15, 0.2) is 9.84 Å². The maximum absolute atomic E-state index is 11.5. The lowest BCUT2D eigenvalue weighted by Crippen LogP contribution is -2.13. The zero-order valence-corrected chi connectivity index (χ0v) is 12.8. The second-order valence-corrected chi connectivity index (χ2v) is 8.07. The average molecular weight is 290 g/mol. The van der Waals surface area contributed by atoms with Crippen LogP contribution >= 0.6 is 11.6 Å². The smallest absolute Gasteiger partial charge is 0.175 e. The predicted molar refractivity (Wildman–Crippen MR) is 77.1 cm³/mol. The van der Waals surface area contributed by atoms with E-state index in [9.17, 15) is 8.42 Å². The van der Waals surface area contributed by atoms with E-state index < -0.39 is 9.84 Å². The Bertz CT molecular complexity index is 518. The van der Waals surface area contributed by atoms with Crippen molar-refractivity contribution in [3.05, 3.63) is 23.2 Å². The molecular formula is C13H20ClNO2S. The van der Waals surface area contributed by atoms with Gasteiger partial charge in [-0.05, 0) is 30.0 Å². The quantitative estimate of drug-likeness (QED) is 0.921. The van der Waals surface area contributed by atoms with E-state index in [-0.39, 0.29) is 10.3 Å². The Morgan fingerprint density at radius 2 is 1.89 bits per heavy atom. The number of nitrogens with one attached hydrogen (secondary N) is 1. The van der Waals surface area contributed by atoms with E-state index in [0.717, 1.165) is 13.0 Å². The molecule has 18 heavy (non-hydrogen) atoms. The third-order valence-electron chi connectivity index (χ3n) is 2.56. The summed E-state index contributed by atoms with van der Waals surface area (Å²) in [5, 5.41) is 3.72. The van der Waals surface area contributed by atoms with Crippen LogP contribution in [0.25, 0.3) is 0 Å². The van der Waals surface area contributed by atoms with E-state index in [1.54, 1.807) is 12.1 Å². The van der Waals surface area contributed by atoms with E-state index in [2.05, 4.69) is 26.1 Å². The van der Waals surface area contributed by atoms with Gasteiger partial charge < -0.3 is 5.32 Å². The molecule has 0 radical (unpaired) electrons. The second kappa shape index (κ2) is 5.49. The highest BCUT2D eigenvalue weighted by Crippen LogP contribution is 2.26. The molecule has 3 nitrogen and oxygen atoms in total. The lowest BCUT2D eigenvalue weighted by atomic mass is 9.92. The first-order chi connectivity index (χ1) is 8.09. The van der Waals surface area contributed by atoms with Crippen LogP contribution in [-0.4, -0.2) is 21.2 Å². The van der Waals surface area contributed by atoms with Gasteiger partial charge in [-0.1, -0.05) is 32.4 Å². The Balaban J connectivity index is 2.83.